The van der Waals surface area contributed by atoms with E-state index >= 15 is 0 Å². The molecule has 0 spiro atoms. The van der Waals surface area contributed by atoms with Crippen molar-refractivity contribution in [2.24, 2.45) is 4.99 Å². The van der Waals surface area contributed by atoms with Crippen LogP contribution in [0.4, 0.5) is 0 Å². The number of aliphatic imine (C=N–C) groups is 1. The molecule has 0 aromatic carbocycles. The smallest absolute Gasteiger partial charge is 0.194 e. The van der Waals surface area contributed by atoms with E-state index in [1.807, 2.05) is 17.7 Å². The van der Waals surface area contributed by atoms with Gasteiger partial charge in [0.25, 0.3) is 0 Å². The summed E-state index contributed by atoms with van der Waals surface area (Å²) in [6, 6.07) is 0. The summed E-state index contributed by atoms with van der Waals surface area (Å²) >= 11 is 1.82. The average Bonchev–Trinajstić information content (AvgIpc) is 2.58. The molecule has 0 N–H and O–H groups in total. The molecule has 2 nitrogen and oxygen atoms in total. The van der Waals surface area contributed by atoms with E-state index in [-0.39, 0.29) is 20.4 Å². The topological polar surface area (TPSA) is 21.6 Å². The number of hydrogen-bond donors (Lipinski definition) is 0. The van der Waals surface area contributed by atoms with E-state index in [0.29, 0.717) is 0 Å². The average molecular weight is 271 g/mol. The normalized spacial score (nSPS) is 20.0. The number of nitrogens with zero attached hydrogens (tertiary/aromatic N) is 1. The van der Waals surface area contributed by atoms with Gasteiger partial charge in [-0.2, -0.15) is 0 Å². The maximum absolute atomic E-state index is 5.06. The van der Waals surface area contributed by atoms with Gasteiger partial charge in [0.05, 0.1) is 17.6 Å². The molecular formula is C7H8BNOPdS. The molecule has 0 atom stereocenters. The minimum atomic E-state index is 0. The predicted octanol–water partition coefficient (Wildman–Crippen LogP) is 0.908. The second kappa shape index (κ2) is 4.91. The van der Waals surface area contributed by atoms with Crippen molar-refractivity contribution in [3.8, 4) is 0 Å². The summed E-state index contributed by atoms with van der Waals surface area (Å²) in [5.74, 6) is 3.13. The molecule has 0 saturated heterocycles. The second-order valence-electron chi connectivity index (χ2n) is 2.39. The van der Waals surface area contributed by atoms with E-state index in [0.717, 1.165) is 24.6 Å². The molecule has 12 heavy (non-hydrogen) atoms. The van der Waals surface area contributed by atoms with Crippen molar-refractivity contribution in [3.63, 3.8) is 0 Å². The molecular weight excluding hydrogens is 263 g/mol. The summed E-state index contributed by atoms with van der Waals surface area (Å²) in [6.07, 6.45) is 3.50. The maximum Gasteiger partial charge on any atom is 0.194 e. The van der Waals surface area contributed by atoms with Gasteiger partial charge < -0.3 is 4.74 Å². The van der Waals surface area contributed by atoms with Gasteiger partial charge in [-0.1, -0.05) is 5.98 Å². The summed E-state index contributed by atoms with van der Waals surface area (Å²) < 4.78 is 5.06. The second-order valence-corrected chi connectivity index (χ2v) is 3.47. The Hall–Kier alpha value is 0.0273. The molecule has 2 aliphatic rings. The van der Waals surface area contributed by atoms with Crippen molar-refractivity contribution in [2.45, 2.75) is 0 Å². The van der Waals surface area contributed by atoms with Gasteiger partial charge in [-0.15, -0.1) is 11.8 Å². The summed E-state index contributed by atoms with van der Waals surface area (Å²) in [6.45, 7) is 0.959. The van der Waals surface area contributed by atoms with Gasteiger partial charge in [0.2, 0.25) is 0 Å². The standard InChI is InChI=1S/C7H8BNOS.Pd/c1-3-10-5-6(8-1)7-9-2-4-11-7;/h1,3,5,8H,2,4H2;. The summed E-state index contributed by atoms with van der Waals surface area (Å²) in [5.41, 5.74) is 1.22. The predicted molar refractivity (Wildman–Crippen MR) is 50.2 cm³/mol. The molecule has 2 aliphatic heterocycles. The van der Waals surface area contributed by atoms with Gasteiger partial charge in [0, 0.05) is 32.7 Å². The van der Waals surface area contributed by atoms with Crippen LogP contribution in [-0.2, 0) is 25.2 Å². The van der Waals surface area contributed by atoms with Crippen molar-refractivity contribution in [1.82, 2.24) is 0 Å². The number of rotatable bonds is 1. The van der Waals surface area contributed by atoms with E-state index in [1.165, 1.54) is 5.47 Å². The van der Waals surface area contributed by atoms with Crippen LogP contribution >= 0.6 is 11.8 Å². The summed E-state index contributed by atoms with van der Waals surface area (Å²) in [5, 5.41) is 1.16. The first kappa shape index (κ1) is 10.1. The van der Waals surface area contributed by atoms with E-state index in [1.54, 1.807) is 12.5 Å². The van der Waals surface area contributed by atoms with E-state index < -0.39 is 0 Å². The summed E-state index contributed by atoms with van der Waals surface area (Å²) in [4.78, 5) is 4.36. The Labute approximate surface area is 90.4 Å². The molecule has 66 valence electrons. The van der Waals surface area contributed by atoms with Crippen molar-refractivity contribution in [3.05, 3.63) is 24.0 Å². The van der Waals surface area contributed by atoms with E-state index in [9.17, 15) is 0 Å². The molecule has 0 amide bonds. The zero-order valence-electron chi connectivity index (χ0n) is 6.43. The molecule has 0 aromatic rings. The molecule has 2 heterocycles. The molecule has 0 fully saturated rings. The van der Waals surface area contributed by atoms with Gasteiger partial charge in [0.1, 0.15) is 0 Å². The van der Waals surface area contributed by atoms with Crippen molar-refractivity contribution in [1.29, 1.82) is 0 Å². The molecule has 0 aliphatic carbocycles. The fourth-order valence-corrected chi connectivity index (χ4v) is 1.94. The van der Waals surface area contributed by atoms with Crippen LogP contribution in [0.25, 0.3) is 0 Å². The monoisotopic (exact) mass is 271 g/mol. The van der Waals surface area contributed by atoms with Crippen LogP contribution in [0.15, 0.2) is 29.0 Å². The van der Waals surface area contributed by atoms with Crippen LogP contribution in [0, 0.1) is 0 Å². The van der Waals surface area contributed by atoms with Gasteiger partial charge in [-0.3, -0.25) is 4.99 Å². The first-order valence-electron chi connectivity index (χ1n) is 3.64. The Morgan fingerprint density at radius 1 is 1.58 bits per heavy atom. The third-order valence-electron chi connectivity index (χ3n) is 1.58. The van der Waals surface area contributed by atoms with Crippen LogP contribution < -0.4 is 0 Å². The zero-order valence-corrected chi connectivity index (χ0v) is 8.80. The van der Waals surface area contributed by atoms with Crippen molar-refractivity contribution < 1.29 is 25.2 Å². The summed E-state index contributed by atoms with van der Waals surface area (Å²) in [7, 11) is 0.964. The van der Waals surface area contributed by atoms with Crippen LogP contribution in [0.1, 0.15) is 0 Å². The number of ether oxygens (including phenoxy) is 1. The van der Waals surface area contributed by atoms with Crippen LogP contribution in [0.3, 0.4) is 0 Å². The van der Waals surface area contributed by atoms with Crippen molar-refractivity contribution >= 4 is 24.1 Å². The molecule has 0 saturated carbocycles. The number of hydrogen-bond acceptors (Lipinski definition) is 3. The first-order valence-corrected chi connectivity index (χ1v) is 4.62. The van der Waals surface area contributed by atoms with E-state index in [2.05, 4.69) is 4.99 Å². The fourth-order valence-electron chi connectivity index (χ4n) is 1.07. The molecule has 2 rings (SSSR count). The zero-order chi connectivity index (χ0) is 7.52. The van der Waals surface area contributed by atoms with E-state index in [4.69, 9.17) is 4.74 Å². The SMILES string of the molecule is B1C=COC=C1C1=NCCS1.[Pd]. The van der Waals surface area contributed by atoms with Gasteiger partial charge in [0.15, 0.2) is 7.28 Å². The fraction of sp³-hybridized carbons (Fsp3) is 0.286. The Balaban J connectivity index is 0.000000720. The van der Waals surface area contributed by atoms with Crippen LogP contribution in [0.5, 0.6) is 0 Å². The van der Waals surface area contributed by atoms with Crippen LogP contribution in [-0.4, -0.2) is 24.6 Å². The molecule has 0 bridgehead atoms. The first-order chi connectivity index (χ1) is 5.47. The minimum Gasteiger partial charge on any atom is -0.474 e. The van der Waals surface area contributed by atoms with Gasteiger partial charge in [-0.25, -0.2) is 0 Å². The van der Waals surface area contributed by atoms with Gasteiger partial charge >= 0.3 is 0 Å². The minimum absolute atomic E-state index is 0. The molecule has 0 radical (unpaired) electrons. The third-order valence-corrected chi connectivity index (χ3v) is 2.63. The van der Waals surface area contributed by atoms with Crippen molar-refractivity contribution in [2.75, 3.05) is 12.3 Å². The third kappa shape index (κ3) is 2.26. The Kier molecular flexibility index (Phi) is 4.14. The molecule has 0 unspecified atom stereocenters. The number of thioether (sulfide) groups is 1. The Bertz CT molecular complexity index is 252. The van der Waals surface area contributed by atoms with Crippen LogP contribution in [0.2, 0.25) is 0 Å². The molecule has 0 aromatic heterocycles. The largest absolute Gasteiger partial charge is 0.474 e. The maximum atomic E-state index is 5.06. The Morgan fingerprint density at radius 2 is 2.50 bits per heavy atom. The molecule has 5 heteroatoms. The quantitative estimate of drug-likeness (QED) is 0.661. The van der Waals surface area contributed by atoms with Gasteiger partial charge in [-0.05, 0) is 5.47 Å². The Morgan fingerprint density at radius 3 is 3.08 bits per heavy atom.